The van der Waals surface area contributed by atoms with Gasteiger partial charge in [0.25, 0.3) is 0 Å². The molecule has 1 aliphatic heterocycles. The highest BCUT2D eigenvalue weighted by Gasteiger charge is 2.36. The fourth-order valence-electron chi connectivity index (χ4n) is 5.92. The molecule has 186 valence electrons. The van der Waals surface area contributed by atoms with Crippen LogP contribution in [0.15, 0.2) is 58.4 Å². The van der Waals surface area contributed by atoms with Crippen LogP contribution in [0, 0.1) is 11.8 Å². The summed E-state index contributed by atoms with van der Waals surface area (Å²) in [4.78, 5) is 17.1. The maximum Gasteiger partial charge on any atom is 0.240 e. The highest BCUT2D eigenvalue weighted by Crippen LogP contribution is 2.38. The molecule has 2 aromatic carbocycles. The summed E-state index contributed by atoms with van der Waals surface area (Å²) in [6, 6.07) is 15.2. The molecule has 1 saturated carbocycles. The van der Waals surface area contributed by atoms with E-state index in [1.807, 2.05) is 12.1 Å². The number of fused-ring (bicyclic) bond motifs is 3. The molecular formula is C28H35N3O3S. The van der Waals surface area contributed by atoms with E-state index in [-0.39, 0.29) is 5.78 Å². The molecule has 2 aliphatic carbocycles. The van der Waals surface area contributed by atoms with Crippen molar-refractivity contribution in [1.29, 1.82) is 0 Å². The lowest BCUT2D eigenvalue weighted by atomic mass is 9.79. The van der Waals surface area contributed by atoms with Gasteiger partial charge in [0.1, 0.15) is 0 Å². The highest BCUT2D eigenvalue weighted by molar-refractivity contribution is 7.89. The first kappa shape index (κ1) is 24.2. The van der Waals surface area contributed by atoms with Crippen molar-refractivity contribution in [3.63, 3.8) is 0 Å². The number of carbonyl (C=O) groups excluding carboxylic acids is 1. The molecule has 2 aromatic rings. The van der Waals surface area contributed by atoms with Gasteiger partial charge in [-0.3, -0.25) is 9.79 Å². The Balaban J connectivity index is 1.10. The lowest BCUT2D eigenvalue weighted by molar-refractivity contribution is 0.101. The maximum absolute atomic E-state index is 12.5. The molecule has 0 spiro atoms. The number of aryl methyl sites for hydroxylation is 1. The number of sulfonamides is 1. The van der Waals surface area contributed by atoms with Crippen LogP contribution in [0.3, 0.4) is 0 Å². The molecule has 2 atom stereocenters. The van der Waals surface area contributed by atoms with E-state index in [4.69, 9.17) is 4.99 Å². The summed E-state index contributed by atoms with van der Waals surface area (Å²) in [5.74, 6) is 2.67. The third kappa shape index (κ3) is 5.51. The van der Waals surface area contributed by atoms with E-state index >= 15 is 0 Å². The molecular weight excluding hydrogens is 458 g/mol. The monoisotopic (exact) mass is 493 g/mol. The van der Waals surface area contributed by atoms with Crippen LogP contribution in [0.5, 0.6) is 0 Å². The van der Waals surface area contributed by atoms with Gasteiger partial charge in [-0.25, -0.2) is 13.1 Å². The van der Waals surface area contributed by atoms with Gasteiger partial charge in [-0.2, -0.15) is 0 Å². The Morgan fingerprint density at radius 2 is 1.77 bits per heavy atom. The Labute approximate surface area is 208 Å². The predicted octanol–water partition coefficient (Wildman–Crippen LogP) is 4.46. The molecule has 3 aliphatic rings. The van der Waals surface area contributed by atoms with E-state index in [0.717, 1.165) is 62.9 Å². The summed E-state index contributed by atoms with van der Waals surface area (Å²) in [5.41, 5.74) is 3.51. The third-order valence-corrected chi connectivity index (χ3v) is 9.49. The number of hydrogen-bond acceptors (Lipinski definition) is 4. The van der Waals surface area contributed by atoms with Crippen LogP contribution < -0.4 is 10.0 Å². The largest absolute Gasteiger partial charge is 0.370 e. The van der Waals surface area contributed by atoms with Crippen molar-refractivity contribution in [3.8, 4) is 0 Å². The van der Waals surface area contributed by atoms with E-state index in [1.54, 1.807) is 31.2 Å². The van der Waals surface area contributed by atoms with Crippen LogP contribution in [0.25, 0.3) is 0 Å². The fourth-order valence-corrected chi connectivity index (χ4v) is 7.05. The molecule has 2 N–H and O–H groups in total. The fraction of sp³-hybridized carbons (Fsp3) is 0.500. The lowest BCUT2D eigenvalue weighted by Crippen LogP contribution is -2.32. The maximum atomic E-state index is 12.5. The number of nitrogens with zero attached hydrogens (tertiary/aromatic N) is 1. The Morgan fingerprint density at radius 3 is 2.51 bits per heavy atom. The molecule has 0 aromatic heterocycles. The molecule has 2 fully saturated rings. The molecule has 0 amide bonds. The van der Waals surface area contributed by atoms with Gasteiger partial charge in [0.05, 0.1) is 10.7 Å². The number of benzene rings is 2. The Bertz CT molecular complexity index is 1200. The van der Waals surface area contributed by atoms with Gasteiger partial charge < -0.3 is 5.32 Å². The van der Waals surface area contributed by atoms with Crippen molar-refractivity contribution in [2.24, 2.45) is 16.8 Å². The minimum atomic E-state index is -3.43. The number of hydrogen-bond donors (Lipinski definition) is 2. The first-order valence-corrected chi connectivity index (χ1v) is 14.4. The summed E-state index contributed by atoms with van der Waals surface area (Å²) in [5, 5.41) is 3.68. The Hall–Kier alpha value is -2.51. The van der Waals surface area contributed by atoms with E-state index < -0.39 is 10.0 Å². The first-order valence-electron chi connectivity index (χ1n) is 12.9. The van der Waals surface area contributed by atoms with Gasteiger partial charge in [0.15, 0.2) is 5.78 Å². The minimum absolute atomic E-state index is 0.130. The number of nitrogens with one attached hydrogen (secondary N) is 2. The lowest BCUT2D eigenvalue weighted by Gasteiger charge is -2.28. The van der Waals surface area contributed by atoms with Gasteiger partial charge in [-0.15, -0.1) is 0 Å². The molecule has 5 rings (SSSR count). The number of Topliss-reactive ketones (excluding diaryl/α,β-unsaturated/α-hetero) is 1. The third-order valence-electron chi connectivity index (χ3n) is 8.05. The second-order valence-corrected chi connectivity index (χ2v) is 12.2. The van der Waals surface area contributed by atoms with Crippen LogP contribution in [0.4, 0.5) is 0 Å². The summed E-state index contributed by atoms with van der Waals surface area (Å²) >= 11 is 0. The Kier molecular flexibility index (Phi) is 7.07. The van der Waals surface area contributed by atoms with E-state index in [1.165, 1.54) is 11.1 Å². The molecule has 2 unspecified atom stereocenters. The summed E-state index contributed by atoms with van der Waals surface area (Å²) in [7, 11) is -3.43. The molecule has 0 bridgehead atoms. The SMILES string of the molecule is CC(=O)c1ccc2c(c1)CCC1NC(=NCC3CCC(CNS(=O)(=O)c4ccccc4)CC3)CC21. The van der Waals surface area contributed by atoms with E-state index in [0.29, 0.717) is 35.2 Å². The van der Waals surface area contributed by atoms with Crippen molar-refractivity contribution in [1.82, 2.24) is 10.0 Å². The van der Waals surface area contributed by atoms with Crippen molar-refractivity contribution in [2.75, 3.05) is 13.1 Å². The van der Waals surface area contributed by atoms with Gasteiger partial charge in [0, 0.05) is 37.0 Å². The van der Waals surface area contributed by atoms with Crippen molar-refractivity contribution >= 4 is 21.6 Å². The van der Waals surface area contributed by atoms with Crippen molar-refractivity contribution in [2.45, 2.75) is 68.7 Å². The van der Waals surface area contributed by atoms with Crippen LogP contribution in [-0.4, -0.2) is 39.2 Å². The number of carbonyl (C=O) groups is 1. The predicted molar refractivity (Wildman–Crippen MR) is 138 cm³/mol. The highest BCUT2D eigenvalue weighted by atomic mass is 32.2. The summed E-state index contributed by atoms with van der Waals surface area (Å²) in [6.07, 6.45) is 7.32. The van der Waals surface area contributed by atoms with Crippen molar-refractivity contribution in [3.05, 3.63) is 65.2 Å². The van der Waals surface area contributed by atoms with Crippen LogP contribution >= 0.6 is 0 Å². The molecule has 7 heteroatoms. The first-order chi connectivity index (χ1) is 16.9. The van der Waals surface area contributed by atoms with Gasteiger partial charge >= 0.3 is 0 Å². The van der Waals surface area contributed by atoms with Gasteiger partial charge in [-0.05, 0) is 86.6 Å². The number of rotatable bonds is 7. The quantitative estimate of drug-likeness (QED) is 0.558. The Morgan fingerprint density at radius 1 is 1.03 bits per heavy atom. The second kappa shape index (κ2) is 10.2. The zero-order valence-corrected chi connectivity index (χ0v) is 21.2. The van der Waals surface area contributed by atoms with E-state index in [9.17, 15) is 13.2 Å². The summed E-state index contributed by atoms with van der Waals surface area (Å²) < 4.78 is 27.7. The zero-order valence-electron chi connectivity index (χ0n) is 20.4. The zero-order chi connectivity index (χ0) is 24.4. The van der Waals surface area contributed by atoms with Gasteiger partial charge in [-0.1, -0.05) is 30.3 Å². The van der Waals surface area contributed by atoms with Crippen molar-refractivity contribution < 1.29 is 13.2 Å². The van der Waals surface area contributed by atoms with Crippen LogP contribution in [-0.2, 0) is 16.4 Å². The number of ketones is 1. The molecule has 1 heterocycles. The molecule has 0 radical (unpaired) electrons. The average molecular weight is 494 g/mol. The second-order valence-electron chi connectivity index (χ2n) is 10.4. The van der Waals surface area contributed by atoms with E-state index in [2.05, 4.69) is 22.2 Å². The van der Waals surface area contributed by atoms with Gasteiger partial charge in [0.2, 0.25) is 10.0 Å². The molecule has 1 saturated heterocycles. The molecule has 35 heavy (non-hydrogen) atoms. The van der Waals surface area contributed by atoms with Crippen LogP contribution in [0.2, 0.25) is 0 Å². The number of amidine groups is 1. The topological polar surface area (TPSA) is 87.6 Å². The normalized spacial score (nSPS) is 27.2. The average Bonchev–Trinajstić information content (AvgIpc) is 3.31. The van der Waals surface area contributed by atoms with Crippen LogP contribution in [0.1, 0.15) is 72.9 Å². The molecule has 6 nitrogen and oxygen atoms in total. The smallest absolute Gasteiger partial charge is 0.240 e. The number of aliphatic imine (C=N–C) groups is 1. The summed E-state index contributed by atoms with van der Waals surface area (Å²) in [6.45, 7) is 2.99. The standard InChI is InChI=1S/C28H35N3O3S/c1-19(32)22-11-13-25-23(15-22)12-14-27-26(25)16-28(31-27)29-17-20-7-9-21(10-8-20)18-30-35(33,34)24-5-3-2-4-6-24/h2-6,11,13,15,20-21,26-27,30H,7-10,12,14,16-18H2,1H3,(H,29,31). The minimum Gasteiger partial charge on any atom is -0.370 e.